The van der Waals surface area contributed by atoms with Crippen LogP contribution in [0.25, 0.3) is 0 Å². The third-order valence-corrected chi connectivity index (χ3v) is 4.59. The lowest BCUT2D eigenvalue weighted by Crippen LogP contribution is -2.44. The van der Waals surface area contributed by atoms with Gasteiger partial charge in [0.2, 0.25) is 0 Å². The van der Waals surface area contributed by atoms with Gasteiger partial charge in [0.25, 0.3) is 5.91 Å². The van der Waals surface area contributed by atoms with Gasteiger partial charge in [0.05, 0.1) is 0 Å². The van der Waals surface area contributed by atoms with Crippen LogP contribution in [-0.2, 0) is 11.3 Å². The molecule has 5 heteroatoms. The van der Waals surface area contributed by atoms with Crippen LogP contribution < -0.4 is 5.32 Å². The molecule has 0 saturated heterocycles. The number of carbonyl (C=O) groups excluding carboxylic acids is 1. The van der Waals surface area contributed by atoms with Crippen LogP contribution in [0.4, 0.5) is 0 Å². The van der Waals surface area contributed by atoms with Crippen molar-refractivity contribution in [1.29, 1.82) is 0 Å². The highest BCUT2D eigenvalue weighted by atomic mass is 16.4. The summed E-state index contributed by atoms with van der Waals surface area (Å²) < 4.78 is 0. The fourth-order valence-electron chi connectivity index (χ4n) is 2.97. The van der Waals surface area contributed by atoms with Crippen LogP contribution in [0, 0.1) is 11.8 Å². The second-order valence-electron chi connectivity index (χ2n) is 7.41. The van der Waals surface area contributed by atoms with Crippen molar-refractivity contribution in [1.82, 2.24) is 10.2 Å². The minimum atomic E-state index is -1.00. The van der Waals surface area contributed by atoms with Crippen molar-refractivity contribution in [3.63, 3.8) is 0 Å². The summed E-state index contributed by atoms with van der Waals surface area (Å²) in [5.74, 6) is -0.641. The van der Waals surface area contributed by atoms with Crippen molar-refractivity contribution in [3.05, 3.63) is 35.4 Å². The molecule has 25 heavy (non-hydrogen) atoms. The minimum Gasteiger partial charge on any atom is -0.480 e. The van der Waals surface area contributed by atoms with E-state index in [-0.39, 0.29) is 11.8 Å². The molecule has 1 aliphatic rings. The predicted octanol–water partition coefficient (Wildman–Crippen LogP) is 3.15. The van der Waals surface area contributed by atoms with E-state index in [4.69, 9.17) is 0 Å². The fraction of sp³-hybridized carbons (Fsp3) is 0.600. The molecule has 0 radical (unpaired) electrons. The van der Waals surface area contributed by atoms with Crippen molar-refractivity contribution >= 4 is 11.9 Å². The van der Waals surface area contributed by atoms with Crippen LogP contribution in [-0.4, -0.2) is 41.0 Å². The zero-order valence-corrected chi connectivity index (χ0v) is 15.5. The van der Waals surface area contributed by atoms with Gasteiger partial charge in [-0.3, -0.25) is 9.69 Å². The summed E-state index contributed by atoms with van der Waals surface area (Å²) in [6.45, 7) is 8.91. The van der Waals surface area contributed by atoms with Crippen LogP contribution in [0.2, 0.25) is 0 Å². The lowest BCUT2D eigenvalue weighted by Gasteiger charge is -2.22. The second-order valence-corrected chi connectivity index (χ2v) is 7.41. The summed E-state index contributed by atoms with van der Waals surface area (Å²) in [7, 11) is 0. The molecule has 2 rings (SSSR count). The second kappa shape index (κ2) is 8.99. The van der Waals surface area contributed by atoms with Gasteiger partial charge in [-0.2, -0.15) is 0 Å². The van der Waals surface area contributed by atoms with Crippen molar-refractivity contribution < 1.29 is 14.7 Å². The number of carboxylic acid groups (broad SMARTS) is 1. The maximum atomic E-state index is 12.3. The summed E-state index contributed by atoms with van der Waals surface area (Å²) in [6, 6.07) is 6.63. The minimum absolute atomic E-state index is 0.161. The van der Waals surface area contributed by atoms with Crippen LogP contribution in [0.1, 0.15) is 56.0 Å². The molecule has 0 unspecified atom stereocenters. The number of aliphatic carboxylic acids is 1. The molecule has 1 amide bonds. The SMILES string of the molecule is CCCN(Cc1ccc(C(=O)N[C@H](C(=O)O)C(C)C)cc1)CC1CC1. The highest BCUT2D eigenvalue weighted by Crippen LogP contribution is 2.30. The molecule has 0 heterocycles. The Hall–Kier alpha value is -1.88. The first-order chi connectivity index (χ1) is 11.9. The first-order valence-electron chi connectivity index (χ1n) is 9.25. The summed E-state index contributed by atoms with van der Waals surface area (Å²) in [5, 5.41) is 11.8. The normalized spacial score (nSPS) is 15.4. The number of hydrogen-bond acceptors (Lipinski definition) is 3. The van der Waals surface area contributed by atoms with Gasteiger partial charge in [-0.05, 0) is 55.3 Å². The third-order valence-electron chi connectivity index (χ3n) is 4.59. The Morgan fingerprint density at radius 2 is 1.88 bits per heavy atom. The fourth-order valence-corrected chi connectivity index (χ4v) is 2.97. The van der Waals surface area contributed by atoms with Gasteiger partial charge in [0, 0.05) is 18.7 Å². The number of carbonyl (C=O) groups is 2. The van der Waals surface area contributed by atoms with E-state index in [0.717, 1.165) is 32.0 Å². The summed E-state index contributed by atoms with van der Waals surface area (Å²) in [4.78, 5) is 26.0. The largest absolute Gasteiger partial charge is 0.480 e. The first kappa shape index (κ1) is 19.4. The number of benzene rings is 1. The molecule has 0 spiro atoms. The van der Waals surface area contributed by atoms with Gasteiger partial charge < -0.3 is 10.4 Å². The zero-order chi connectivity index (χ0) is 18.4. The number of amides is 1. The molecule has 138 valence electrons. The van der Waals surface area contributed by atoms with Gasteiger partial charge in [0.15, 0.2) is 0 Å². The van der Waals surface area contributed by atoms with E-state index in [1.807, 2.05) is 12.1 Å². The maximum Gasteiger partial charge on any atom is 0.326 e. The Kier molecular flexibility index (Phi) is 7.00. The smallest absolute Gasteiger partial charge is 0.326 e. The molecule has 0 aromatic heterocycles. The van der Waals surface area contributed by atoms with Crippen molar-refractivity contribution in [2.75, 3.05) is 13.1 Å². The summed E-state index contributed by atoms with van der Waals surface area (Å²) in [5.41, 5.74) is 1.68. The quantitative estimate of drug-likeness (QED) is 0.683. The van der Waals surface area contributed by atoms with Crippen molar-refractivity contribution in [2.24, 2.45) is 11.8 Å². The number of rotatable bonds is 10. The van der Waals surface area contributed by atoms with Gasteiger partial charge in [-0.15, -0.1) is 0 Å². The third kappa shape index (κ3) is 6.16. The molecule has 1 fully saturated rings. The van der Waals surface area contributed by atoms with E-state index in [0.29, 0.717) is 5.56 Å². The van der Waals surface area contributed by atoms with Gasteiger partial charge in [0.1, 0.15) is 6.04 Å². The molecule has 5 nitrogen and oxygen atoms in total. The molecular formula is C20H30N2O3. The topological polar surface area (TPSA) is 69.6 Å². The molecule has 1 aromatic rings. The summed E-state index contributed by atoms with van der Waals surface area (Å²) in [6.07, 6.45) is 3.83. The van der Waals surface area contributed by atoms with Crippen LogP contribution in [0.15, 0.2) is 24.3 Å². The summed E-state index contributed by atoms with van der Waals surface area (Å²) >= 11 is 0. The molecule has 0 aliphatic heterocycles. The molecule has 2 N–H and O–H groups in total. The molecule has 0 bridgehead atoms. The Morgan fingerprint density at radius 3 is 2.36 bits per heavy atom. The van der Waals surface area contributed by atoms with Crippen LogP contribution >= 0.6 is 0 Å². The van der Waals surface area contributed by atoms with E-state index in [2.05, 4.69) is 17.1 Å². The van der Waals surface area contributed by atoms with Gasteiger partial charge in [-0.1, -0.05) is 32.9 Å². The van der Waals surface area contributed by atoms with E-state index in [1.165, 1.54) is 18.4 Å². The average Bonchev–Trinajstić information content (AvgIpc) is 3.36. The number of nitrogens with one attached hydrogen (secondary N) is 1. The number of nitrogens with zero attached hydrogens (tertiary/aromatic N) is 1. The maximum absolute atomic E-state index is 12.3. The van der Waals surface area contributed by atoms with Crippen LogP contribution in [0.5, 0.6) is 0 Å². The molecule has 1 saturated carbocycles. The van der Waals surface area contributed by atoms with Gasteiger partial charge >= 0.3 is 5.97 Å². The lowest BCUT2D eigenvalue weighted by molar-refractivity contribution is -0.140. The Balaban J connectivity index is 1.95. The lowest BCUT2D eigenvalue weighted by atomic mass is 10.0. The van der Waals surface area contributed by atoms with Crippen molar-refractivity contribution in [2.45, 2.75) is 52.6 Å². The van der Waals surface area contributed by atoms with E-state index >= 15 is 0 Å². The molecular weight excluding hydrogens is 316 g/mol. The Morgan fingerprint density at radius 1 is 1.24 bits per heavy atom. The number of carboxylic acids is 1. The Labute approximate surface area is 150 Å². The standard InChI is InChI=1S/C20H30N2O3/c1-4-11-22(12-15-5-6-15)13-16-7-9-17(10-8-16)19(23)21-18(14(2)3)20(24)25/h7-10,14-15,18H,4-6,11-13H2,1-3H3,(H,21,23)(H,24,25)/t18-/m0/s1. The van der Waals surface area contributed by atoms with E-state index in [1.54, 1.807) is 26.0 Å². The van der Waals surface area contributed by atoms with Crippen LogP contribution in [0.3, 0.4) is 0 Å². The monoisotopic (exact) mass is 346 g/mol. The average molecular weight is 346 g/mol. The highest BCUT2D eigenvalue weighted by molar-refractivity contribution is 5.96. The van der Waals surface area contributed by atoms with E-state index < -0.39 is 12.0 Å². The Bertz CT molecular complexity index is 579. The molecule has 1 atom stereocenters. The predicted molar refractivity (Wildman–Crippen MR) is 98.5 cm³/mol. The number of hydrogen-bond donors (Lipinski definition) is 2. The van der Waals surface area contributed by atoms with Gasteiger partial charge in [-0.25, -0.2) is 4.79 Å². The first-order valence-corrected chi connectivity index (χ1v) is 9.25. The molecule has 1 aliphatic carbocycles. The zero-order valence-electron chi connectivity index (χ0n) is 15.5. The van der Waals surface area contributed by atoms with E-state index in [9.17, 15) is 14.7 Å². The van der Waals surface area contributed by atoms with Crippen molar-refractivity contribution in [3.8, 4) is 0 Å². The molecule has 1 aromatic carbocycles. The highest BCUT2D eigenvalue weighted by Gasteiger charge is 2.25.